The van der Waals surface area contributed by atoms with Crippen LogP contribution in [0.1, 0.15) is 12.1 Å². The summed E-state index contributed by atoms with van der Waals surface area (Å²) in [4.78, 5) is 22.9. The number of fused-ring (bicyclic) bond motifs is 1. The number of thioether (sulfide) groups is 1. The number of hydrogen-bond acceptors (Lipinski definition) is 7. The van der Waals surface area contributed by atoms with Crippen molar-refractivity contribution in [2.75, 3.05) is 62.9 Å². The van der Waals surface area contributed by atoms with Crippen LogP contribution in [0.3, 0.4) is 0 Å². The topological polar surface area (TPSA) is 60.9 Å². The Morgan fingerprint density at radius 3 is 2.53 bits per heavy atom. The molecular formula is C23H30Cl2F3N5O2S. The van der Waals surface area contributed by atoms with Gasteiger partial charge < -0.3 is 19.9 Å². The van der Waals surface area contributed by atoms with Gasteiger partial charge in [0.05, 0.1) is 24.5 Å². The molecule has 0 spiro atoms. The van der Waals surface area contributed by atoms with Crippen LogP contribution in [-0.2, 0) is 11.0 Å². The van der Waals surface area contributed by atoms with Gasteiger partial charge in [-0.2, -0.15) is 13.2 Å². The van der Waals surface area contributed by atoms with E-state index in [1.165, 1.54) is 7.11 Å². The molecule has 3 saturated heterocycles. The predicted octanol–water partition coefficient (Wildman–Crippen LogP) is 3.49. The Morgan fingerprint density at radius 2 is 1.89 bits per heavy atom. The summed E-state index contributed by atoms with van der Waals surface area (Å²) in [5, 5.41) is 4.06. The highest BCUT2D eigenvalue weighted by molar-refractivity contribution is 7.99. The average molecular weight is 568 g/mol. The highest BCUT2D eigenvalue weighted by Gasteiger charge is 2.38. The van der Waals surface area contributed by atoms with E-state index in [0.717, 1.165) is 50.3 Å². The molecule has 0 radical (unpaired) electrons. The fourth-order valence-corrected chi connectivity index (χ4v) is 6.00. The minimum atomic E-state index is -4.53. The zero-order valence-electron chi connectivity index (χ0n) is 19.8. The molecule has 1 N–H and O–H groups in total. The van der Waals surface area contributed by atoms with E-state index in [2.05, 4.69) is 15.2 Å². The van der Waals surface area contributed by atoms with Crippen LogP contribution in [0.15, 0.2) is 24.3 Å². The molecule has 36 heavy (non-hydrogen) atoms. The molecule has 1 amide bonds. The van der Waals surface area contributed by atoms with Crippen LogP contribution in [0.25, 0.3) is 10.9 Å². The number of hydrogen-bond donors (Lipinski definition) is 1. The quantitative estimate of drug-likeness (QED) is 0.606. The lowest BCUT2D eigenvalue weighted by molar-refractivity contribution is -0.141. The lowest BCUT2D eigenvalue weighted by atomic mass is 10.1. The number of nitrogens with zero attached hydrogens (tertiary/aromatic N) is 4. The zero-order chi connectivity index (χ0) is 23.9. The summed E-state index contributed by atoms with van der Waals surface area (Å²) in [6.45, 7) is 4.26. The van der Waals surface area contributed by atoms with E-state index in [4.69, 9.17) is 4.74 Å². The van der Waals surface area contributed by atoms with Gasteiger partial charge in [0.2, 0.25) is 5.91 Å². The number of methoxy groups -OCH3 is 1. The fourth-order valence-electron chi connectivity index (χ4n) is 5.04. The summed E-state index contributed by atoms with van der Waals surface area (Å²) >= 11 is 1.78. The molecule has 3 aliphatic heterocycles. The monoisotopic (exact) mass is 567 g/mol. The number of halogens is 5. The Hall–Kier alpha value is -1.66. The van der Waals surface area contributed by atoms with E-state index >= 15 is 0 Å². The molecule has 0 aliphatic carbocycles. The Kier molecular flexibility index (Phi) is 9.48. The first-order valence-corrected chi connectivity index (χ1v) is 12.6. The number of rotatable bonds is 4. The summed E-state index contributed by atoms with van der Waals surface area (Å²) < 4.78 is 45.9. The van der Waals surface area contributed by atoms with Crippen molar-refractivity contribution in [1.82, 2.24) is 20.1 Å². The van der Waals surface area contributed by atoms with Crippen LogP contribution < -0.4 is 15.0 Å². The Balaban J connectivity index is 0.00000180. The third kappa shape index (κ3) is 5.91. The number of carbonyl (C=O) groups excluding carboxylic acids is 1. The lowest BCUT2D eigenvalue weighted by Crippen LogP contribution is -2.51. The standard InChI is InChI=1S/C23H28F3N5O2S.2ClH/c1-33-16-2-3-17-18(11-16)28-21(23(24,25)26)12-20(17)30-6-4-29(5-7-30)15-10-19(27-13-15)22(32)31-8-9-34-14-31;;/h2-3,11-12,15,19,27H,4-10,13-14H2,1H3;2*1H/t15-,19-;;/m0../s1. The zero-order valence-corrected chi connectivity index (χ0v) is 22.2. The Morgan fingerprint density at radius 1 is 1.14 bits per heavy atom. The largest absolute Gasteiger partial charge is 0.497 e. The minimum Gasteiger partial charge on any atom is -0.497 e. The number of ether oxygens (including phenoxy) is 1. The fraction of sp³-hybridized carbons (Fsp3) is 0.565. The van der Waals surface area contributed by atoms with E-state index in [9.17, 15) is 18.0 Å². The average Bonchev–Trinajstić information content (AvgIpc) is 3.55. The van der Waals surface area contributed by atoms with Crippen molar-refractivity contribution in [2.24, 2.45) is 0 Å². The molecule has 0 saturated carbocycles. The highest BCUT2D eigenvalue weighted by atomic mass is 35.5. The highest BCUT2D eigenvalue weighted by Crippen LogP contribution is 2.36. The first-order valence-electron chi connectivity index (χ1n) is 11.5. The normalized spacial score (nSPS) is 22.9. The third-order valence-electron chi connectivity index (χ3n) is 6.93. The molecule has 0 unspecified atom stereocenters. The number of benzene rings is 1. The van der Waals surface area contributed by atoms with E-state index in [1.54, 1.807) is 30.0 Å². The molecule has 3 fully saturated rings. The molecular weight excluding hydrogens is 538 g/mol. The van der Waals surface area contributed by atoms with Gasteiger partial charge in [-0.15, -0.1) is 36.6 Å². The number of piperazine rings is 1. The van der Waals surface area contributed by atoms with Gasteiger partial charge in [-0.3, -0.25) is 9.69 Å². The van der Waals surface area contributed by atoms with Gasteiger partial charge in [0, 0.05) is 68.2 Å². The van der Waals surface area contributed by atoms with Gasteiger partial charge in [-0.1, -0.05) is 0 Å². The van der Waals surface area contributed by atoms with Gasteiger partial charge in [0.1, 0.15) is 11.4 Å². The van der Waals surface area contributed by atoms with Crippen LogP contribution in [0.4, 0.5) is 18.9 Å². The molecule has 7 nitrogen and oxygen atoms in total. The van der Waals surface area contributed by atoms with Crippen LogP contribution in [0.2, 0.25) is 0 Å². The van der Waals surface area contributed by atoms with Gasteiger partial charge in [-0.25, -0.2) is 4.98 Å². The molecule has 13 heteroatoms. The predicted molar refractivity (Wildman–Crippen MR) is 141 cm³/mol. The molecule has 1 aromatic carbocycles. The van der Waals surface area contributed by atoms with Crippen molar-refractivity contribution in [2.45, 2.75) is 24.7 Å². The minimum absolute atomic E-state index is 0. The van der Waals surface area contributed by atoms with Crippen LogP contribution in [0.5, 0.6) is 5.75 Å². The second kappa shape index (κ2) is 11.8. The molecule has 5 rings (SSSR count). The molecule has 2 aromatic rings. The molecule has 3 aliphatic rings. The molecule has 0 bridgehead atoms. The maximum absolute atomic E-state index is 13.6. The number of amides is 1. The van der Waals surface area contributed by atoms with E-state index in [-0.39, 0.29) is 48.3 Å². The number of carbonyl (C=O) groups is 1. The second-order valence-corrected chi connectivity index (χ2v) is 9.99. The third-order valence-corrected chi connectivity index (χ3v) is 7.89. The summed E-state index contributed by atoms with van der Waals surface area (Å²) in [6, 6.07) is 6.34. The molecule has 200 valence electrons. The first kappa shape index (κ1) is 28.9. The van der Waals surface area contributed by atoms with Crippen molar-refractivity contribution in [1.29, 1.82) is 0 Å². The van der Waals surface area contributed by atoms with Crippen molar-refractivity contribution in [3.63, 3.8) is 0 Å². The number of nitrogens with one attached hydrogen (secondary N) is 1. The summed E-state index contributed by atoms with van der Waals surface area (Å²) in [7, 11) is 1.48. The number of pyridine rings is 1. The molecule has 2 atom stereocenters. The van der Waals surface area contributed by atoms with Gasteiger partial charge in [-0.05, 0) is 24.6 Å². The molecule has 4 heterocycles. The summed E-state index contributed by atoms with van der Waals surface area (Å²) in [6.07, 6.45) is -3.76. The van der Waals surface area contributed by atoms with Gasteiger partial charge >= 0.3 is 6.18 Å². The van der Waals surface area contributed by atoms with Crippen molar-refractivity contribution < 1.29 is 22.7 Å². The Labute approximate surface area is 224 Å². The molecule has 1 aromatic heterocycles. The van der Waals surface area contributed by atoms with E-state index < -0.39 is 11.9 Å². The Bertz CT molecular complexity index is 1070. The van der Waals surface area contributed by atoms with E-state index in [0.29, 0.717) is 29.9 Å². The summed E-state index contributed by atoms with van der Waals surface area (Å²) in [5.74, 6) is 2.42. The number of aromatic nitrogens is 1. The second-order valence-electron chi connectivity index (χ2n) is 8.92. The maximum Gasteiger partial charge on any atom is 0.433 e. The van der Waals surface area contributed by atoms with Gasteiger partial charge in [0.25, 0.3) is 0 Å². The lowest BCUT2D eigenvalue weighted by Gasteiger charge is -2.39. The number of alkyl halides is 3. The SMILES string of the molecule is COc1ccc2c(N3CCN([C@@H]4CN[C@H](C(=O)N5CCSC5)C4)CC3)cc(C(F)(F)F)nc2c1.Cl.Cl. The van der Waals surface area contributed by atoms with Crippen molar-refractivity contribution in [3.05, 3.63) is 30.0 Å². The van der Waals surface area contributed by atoms with Crippen molar-refractivity contribution in [3.8, 4) is 5.75 Å². The van der Waals surface area contributed by atoms with E-state index in [1.807, 2.05) is 9.80 Å². The van der Waals surface area contributed by atoms with Crippen LogP contribution >= 0.6 is 36.6 Å². The van der Waals surface area contributed by atoms with Crippen LogP contribution in [-0.4, -0.2) is 90.8 Å². The van der Waals surface area contributed by atoms with Gasteiger partial charge in [0.15, 0.2) is 0 Å². The summed E-state index contributed by atoms with van der Waals surface area (Å²) in [5.41, 5.74) is -0.0797. The maximum atomic E-state index is 13.6. The van der Waals surface area contributed by atoms with Crippen molar-refractivity contribution >= 4 is 59.1 Å². The number of anilines is 1. The van der Waals surface area contributed by atoms with Crippen LogP contribution in [0, 0.1) is 0 Å². The smallest absolute Gasteiger partial charge is 0.433 e. The first-order chi connectivity index (χ1) is 16.3.